The SMILES string of the molecule is CCC(NC(=O)Cn1ccc(C(=O)O)n1)C12CC3CC(CC(C3)C1)C2. The van der Waals surface area contributed by atoms with Crippen LogP contribution in [0.2, 0.25) is 0 Å². The number of carbonyl (C=O) groups is 2. The number of nitrogens with zero attached hydrogens (tertiary/aromatic N) is 2. The first kappa shape index (κ1) is 16.6. The predicted molar refractivity (Wildman–Crippen MR) is 92.0 cm³/mol. The van der Waals surface area contributed by atoms with Crippen molar-refractivity contribution >= 4 is 11.9 Å². The Labute approximate surface area is 148 Å². The van der Waals surface area contributed by atoms with Gasteiger partial charge in [-0.25, -0.2) is 4.79 Å². The second-order valence-corrected chi connectivity index (χ2v) is 8.51. The van der Waals surface area contributed by atoms with E-state index in [9.17, 15) is 9.59 Å². The second-order valence-electron chi connectivity index (χ2n) is 8.51. The first-order chi connectivity index (χ1) is 12.0. The quantitative estimate of drug-likeness (QED) is 0.830. The summed E-state index contributed by atoms with van der Waals surface area (Å²) in [5.74, 6) is 1.45. The molecule has 1 aromatic rings. The van der Waals surface area contributed by atoms with Gasteiger partial charge in [-0.1, -0.05) is 6.92 Å². The highest BCUT2D eigenvalue weighted by atomic mass is 16.4. The van der Waals surface area contributed by atoms with Gasteiger partial charge >= 0.3 is 5.97 Å². The van der Waals surface area contributed by atoms with Crippen LogP contribution in [0.5, 0.6) is 0 Å². The van der Waals surface area contributed by atoms with E-state index in [4.69, 9.17) is 5.11 Å². The molecule has 1 amide bonds. The Kier molecular flexibility index (Phi) is 4.08. The lowest BCUT2D eigenvalue weighted by atomic mass is 9.47. The number of carboxylic acids is 1. The molecule has 5 rings (SSSR count). The molecule has 0 radical (unpaired) electrons. The van der Waals surface area contributed by atoms with Gasteiger partial charge in [0.2, 0.25) is 5.91 Å². The molecule has 1 atom stereocenters. The third-order valence-electron chi connectivity index (χ3n) is 6.73. The Balaban J connectivity index is 1.43. The molecule has 4 fully saturated rings. The van der Waals surface area contributed by atoms with E-state index in [1.165, 1.54) is 49.3 Å². The second kappa shape index (κ2) is 6.15. The van der Waals surface area contributed by atoms with Crippen molar-refractivity contribution in [2.24, 2.45) is 23.2 Å². The van der Waals surface area contributed by atoms with Gasteiger partial charge in [0.25, 0.3) is 0 Å². The molecular formula is C19H27N3O3. The first-order valence-electron chi connectivity index (χ1n) is 9.53. The molecule has 2 N–H and O–H groups in total. The summed E-state index contributed by atoms with van der Waals surface area (Å²) < 4.78 is 1.41. The zero-order valence-electron chi connectivity index (χ0n) is 14.8. The smallest absolute Gasteiger partial charge is 0.356 e. The number of carboxylic acid groups (broad SMARTS) is 1. The van der Waals surface area contributed by atoms with E-state index in [2.05, 4.69) is 17.3 Å². The van der Waals surface area contributed by atoms with E-state index in [0.29, 0.717) is 0 Å². The van der Waals surface area contributed by atoms with Crippen molar-refractivity contribution in [2.75, 3.05) is 0 Å². The maximum Gasteiger partial charge on any atom is 0.356 e. The topological polar surface area (TPSA) is 84.2 Å². The Morgan fingerprint density at radius 2 is 1.88 bits per heavy atom. The largest absolute Gasteiger partial charge is 0.476 e. The summed E-state index contributed by atoms with van der Waals surface area (Å²) in [5, 5.41) is 16.1. The summed E-state index contributed by atoms with van der Waals surface area (Å²) >= 11 is 0. The van der Waals surface area contributed by atoms with Crippen LogP contribution in [0, 0.1) is 23.2 Å². The monoisotopic (exact) mass is 345 g/mol. The summed E-state index contributed by atoms with van der Waals surface area (Å²) in [4.78, 5) is 23.4. The van der Waals surface area contributed by atoms with Gasteiger partial charge in [0.05, 0.1) is 0 Å². The van der Waals surface area contributed by atoms with Gasteiger partial charge in [0, 0.05) is 12.2 Å². The average molecular weight is 345 g/mol. The lowest BCUT2D eigenvalue weighted by Crippen LogP contribution is -2.57. The third-order valence-corrected chi connectivity index (χ3v) is 6.73. The molecule has 0 aliphatic heterocycles. The van der Waals surface area contributed by atoms with Crippen molar-refractivity contribution < 1.29 is 14.7 Å². The van der Waals surface area contributed by atoms with Crippen molar-refractivity contribution in [1.29, 1.82) is 0 Å². The predicted octanol–water partition coefficient (Wildman–Crippen LogP) is 2.69. The molecular weight excluding hydrogens is 318 g/mol. The summed E-state index contributed by atoms with van der Waals surface area (Å²) in [7, 11) is 0. The van der Waals surface area contributed by atoms with E-state index in [1.807, 2.05) is 0 Å². The zero-order valence-corrected chi connectivity index (χ0v) is 14.8. The summed E-state index contributed by atoms with van der Waals surface area (Å²) in [6.07, 6.45) is 10.5. The van der Waals surface area contributed by atoms with Crippen molar-refractivity contribution in [3.63, 3.8) is 0 Å². The number of carbonyl (C=O) groups excluding carboxylic acids is 1. The number of hydrogen-bond acceptors (Lipinski definition) is 3. The van der Waals surface area contributed by atoms with Crippen LogP contribution in [0.1, 0.15) is 62.4 Å². The molecule has 1 unspecified atom stereocenters. The highest BCUT2D eigenvalue weighted by Gasteiger charge is 2.53. The lowest BCUT2D eigenvalue weighted by Gasteiger charge is -2.59. The van der Waals surface area contributed by atoms with Crippen molar-refractivity contribution in [3.05, 3.63) is 18.0 Å². The molecule has 4 bridgehead atoms. The molecule has 1 aromatic heterocycles. The van der Waals surface area contributed by atoms with E-state index in [0.717, 1.165) is 24.2 Å². The van der Waals surface area contributed by atoms with Crippen LogP contribution < -0.4 is 5.32 Å². The lowest BCUT2D eigenvalue weighted by molar-refractivity contribution is -0.127. The summed E-state index contributed by atoms with van der Waals surface area (Å²) in [6.45, 7) is 2.25. The van der Waals surface area contributed by atoms with Crippen LogP contribution in [0.25, 0.3) is 0 Å². The van der Waals surface area contributed by atoms with Gasteiger partial charge in [-0.3, -0.25) is 9.48 Å². The van der Waals surface area contributed by atoms with Crippen LogP contribution >= 0.6 is 0 Å². The van der Waals surface area contributed by atoms with E-state index >= 15 is 0 Å². The fourth-order valence-electron chi connectivity index (χ4n) is 6.24. The van der Waals surface area contributed by atoms with E-state index in [1.54, 1.807) is 6.20 Å². The number of aromatic carboxylic acids is 1. The molecule has 0 aromatic carbocycles. The minimum Gasteiger partial charge on any atom is -0.476 e. The molecule has 4 saturated carbocycles. The van der Waals surface area contributed by atoms with E-state index < -0.39 is 5.97 Å². The van der Waals surface area contributed by atoms with Crippen LogP contribution in [-0.4, -0.2) is 32.8 Å². The van der Waals surface area contributed by atoms with Crippen LogP contribution in [-0.2, 0) is 11.3 Å². The summed E-state index contributed by atoms with van der Waals surface area (Å²) in [6, 6.07) is 1.65. The molecule has 136 valence electrons. The number of rotatable bonds is 6. The zero-order chi connectivity index (χ0) is 17.6. The Hall–Kier alpha value is -1.85. The average Bonchev–Trinajstić information content (AvgIpc) is 3.00. The van der Waals surface area contributed by atoms with Gasteiger partial charge in [-0.15, -0.1) is 0 Å². The van der Waals surface area contributed by atoms with Gasteiger partial charge in [0.1, 0.15) is 6.54 Å². The van der Waals surface area contributed by atoms with Crippen LogP contribution in [0.4, 0.5) is 0 Å². The molecule has 0 spiro atoms. The molecule has 1 heterocycles. The van der Waals surface area contributed by atoms with Crippen molar-refractivity contribution in [3.8, 4) is 0 Å². The normalized spacial score (nSPS) is 34.0. The van der Waals surface area contributed by atoms with E-state index in [-0.39, 0.29) is 29.6 Å². The Morgan fingerprint density at radius 1 is 1.28 bits per heavy atom. The van der Waals surface area contributed by atoms with Gasteiger partial charge in [-0.05, 0) is 74.2 Å². The standard InChI is InChI=1S/C19H27N3O3/c1-2-16(19-8-12-5-13(9-19)7-14(6-12)10-19)20-17(23)11-22-4-3-15(21-22)18(24)25/h3-4,12-14,16H,2,5-11H2,1H3,(H,20,23)(H,24,25). The molecule has 25 heavy (non-hydrogen) atoms. The number of aromatic nitrogens is 2. The first-order valence-corrected chi connectivity index (χ1v) is 9.53. The maximum absolute atomic E-state index is 12.5. The minimum absolute atomic E-state index is 0.0269. The summed E-state index contributed by atoms with van der Waals surface area (Å²) in [5.41, 5.74) is 0.260. The van der Waals surface area contributed by atoms with Crippen molar-refractivity contribution in [2.45, 2.75) is 64.5 Å². The molecule has 4 aliphatic carbocycles. The third kappa shape index (κ3) is 3.07. The molecule has 6 nitrogen and oxygen atoms in total. The van der Waals surface area contributed by atoms with Crippen LogP contribution in [0.15, 0.2) is 12.3 Å². The highest BCUT2D eigenvalue weighted by molar-refractivity contribution is 5.85. The number of hydrogen-bond donors (Lipinski definition) is 2. The Bertz CT molecular complexity index is 646. The van der Waals surface area contributed by atoms with Crippen molar-refractivity contribution in [1.82, 2.24) is 15.1 Å². The molecule has 0 saturated heterocycles. The Morgan fingerprint density at radius 3 is 2.36 bits per heavy atom. The fraction of sp³-hybridized carbons (Fsp3) is 0.737. The number of amides is 1. The molecule has 4 aliphatic rings. The minimum atomic E-state index is -1.07. The highest BCUT2D eigenvalue weighted by Crippen LogP contribution is 2.61. The molecule has 6 heteroatoms. The van der Waals surface area contributed by atoms with Gasteiger partial charge in [-0.2, -0.15) is 5.10 Å². The maximum atomic E-state index is 12.5. The fourth-order valence-corrected chi connectivity index (χ4v) is 6.24. The van der Waals surface area contributed by atoms with Crippen LogP contribution in [0.3, 0.4) is 0 Å². The van der Waals surface area contributed by atoms with Gasteiger partial charge in [0.15, 0.2) is 5.69 Å². The number of nitrogens with one attached hydrogen (secondary N) is 1. The van der Waals surface area contributed by atoms with Gasteiger partial charge < -0.3 is 10.4 Å².